The summed E-state index contributed by atoms with van der Waals surface area (Å²) in [5.74, 6) is -0.428. The molecule has 2 aliphatic rings. The van der Waals surface area contributed by atoms with E-state index in [1.165, 1.54) is 0 Å². The smallest absolute Gasteiger partial charge is 0.410 e. The first-order valence-electron chi connectivity index (χ1n) is 11.7. The number of pyridine rings is 1. The molecule has 1 atom stereocenters. The number of nitrogens with zero attached hydrogens (tertiary/aromatic N) is 3. The molecule has 2 aliphatic heterocycles. The van der Waals surface area contributed by atoms with Crippen LogP contribution in [0.2, 0.25) is 10.0 Å². The number of hydrogen-bond donors (Lipinski definition) is 1. The summed E-state index contributed by atoms with van der Waals surface area (Å²) in [6.07, 6.45) is 5.30. The molecule has 0 radical (unpaired) electrons. The van der Waals surface area contributed by atoms with Gasteiger partial charge in [-0.2, -0.15) is 0 Å². The normalized spacial score (nSPS) is 18.6. The number of likely N-dealkylation sites (tertiary alicyclic amines) is 2. The minimum absolute atomic E-state index is 0.00172. The number of amides is 3. The maximum absolute atomic E-state index is 12.6. The molecule has 0 spiro atoms. The minimum Gasteiger partial charge on any atom is -0.445 e. The van der Waals surface area contributed by atoms with Crippen LogP contribution in [-0.2, 0) is 27.4 Å². The number of halogens is 2. The van der Waals surface area contributed by atoms with E-state index >= 15 is 0 Å². The largest absolute Gasteiger partial charge is 0.445 e. The molecular formula is C25H28Cl2N4O4. The number of rotatable bonds is 7. The fourth-order valence-corrected chi connectivity index (χ4v) is 5.15. The number of nitrogens with one attached hydrogen (secondary N) is 1. The number of aromatic nitrogens is 1. The number of carbonyl (C=O) groups is 3. The third-order valence-corrected chi connectivity index (χ3v) is 6.88. The average Bonchev–Trinajstić information content (AvgIpc) is 3.24. The van der Waals surface area contributed by atoms with E-state index in [1.54, 1.807) is 35.5 Å². The van der Waals surface area contributed by atoms with Gasteiger partial charge < -0.3 is 19.9 Å². The number of piperidine rings is 1. The van der Waals surface area contributed by atoms with Crippen LogP contribution in [-0.4, -0.2) is 64.9 Å². The van der Waals surface area contributed by atoms with E-state index in [9.17, 15) is 14.4 Å². The van der Waals surface area contributed by atoms with Gasteiger partial charge in [0.15, 0.2) is 0 Å². The van der Waals surface area contributed by atoms with Gasteiger partial charge in [-0.15, -0.1) is 0 Å². The Labute approximate surface area is 214 Å². The molecule has 0 saturated carbocycles. The van der Waals surface area contributed by atoms with Crippen LogP contribution in [0, 0.1) is 5.92 Å². The van der Waals surface area contributed by atoms with Gasteiger partial charge in [0.25, 0.3) is 0 Å². The average molecular weight is 519 g/mol. The molecule has 1 N–H and O–H groups in total. The van der Waals surface area contributed by atoms with Crippen LogP contribution < -0.4 is 5.32 Å². The second kappa shape index (κ2) is 11.7. The first-order chi connectivity index (χ1) is 16.9. The Morgan fingerprint density at radius 3 is 2.43 bits per heavy atom. The van der Waals surface area contributed by atoms with Gasteiger partial charge in [0.2, 0.25) is 11.8 Å². The SMILES string of the molecule is O=C(NCCc1ccncc1)C1CC(=O)N(C2CCN(C(=O)OCc3cc(Cl)cc(Cl)c3)CC2)C1. The molecule has 0 bridgehead atoms. The second-order valence-electron chi connectivity index (χ2n) is 8.89. The Hall–Kier alpha value is -2.84. The zero-order valence-electron chi connectivity index (χ0n) is 19.3. The van der Waals surface area contributed by atoms with Crippen LogP contribution in [0.5, 0.6) is 0 Å². The predicted molar refractivity (Wildman–Crippen MR) is 132 cm³/mol. The molecule has 1 aromatic heterocycles. The monoisotopic (exact) mass is 518 g/mol. The predicted octanol–water partition coefficient (Wildman–Crippen LogP) is 3.70. The zero-order valence-corrected chi connectivity index (χ0v) is 20.8. The number of carbonyl (C=O) groups excluding carboxylic acids is 3. The number of benzene rings is 1. The Morgan fingerprint density at radius 1 is 1.06 bits per heavy atom. The third-order valence-electron chi connectivity index (χ3n) is 6.44. The summed E-state index contributed by atoms with van der Waals surface area (Å²) in [6, 6.07) is 8.89. The van der Waals surface area contributed by atoms with Crippen LogP contribution in [0.25, 0.3) is 0 Å². The summed E-state index contributed by atoms with van der Waals surface area (Å²) in [5, 5.41) is 3.92. The van der Waals surface area contributed by atoms with E-state index in [2.05, 4.69) is 10.3 Å². The molecule has 1 unspecified atom stereocenters. The second-order valence-corrected chi connectivity index (χ2v) is 9.77. The fraction of sp³-hybridized carbons (Fsp3) is 0.440. The van der Waals surface area contributed by atoms with Gasteiger partial charge in [-0.25, -0.2) is 4.79 Å². The summed E-state index contributed by atoms with van der Waals surface area (Å²) in [7, 11) is 0. The minimum atomic E-state index is -0.404. The summed E-state index contributed by atoms with van der Waals surface area (Å²) in [5.41, 5.74) is 1.82. The van der Waals surface area contributed by atoms with Gasteiger partial charge in [-0.1, -0.05) is 23.2 Å². The van der Waals surface area contributed by atoms with Crippen molar-refractivity contribution in [2.24, 2.45) is 5.92 Å². The van der Waals surface area contributed by atoms with E-state index in [4.69, 9.17) is 27.9 Å². The van der Waals surface area contributed by atoms with Crippen molar-refractivity contribution in [2.45, 2.75) is 38.3 Å². The molecule has 2 fully saturated rings. The van der Waals surface area contributed by atoms with E-state index in [0.717, 1.165) is 17.5 Å². The topological polar surface area (TPSA) is 91.8 Å². The molecule has 0 aliphatic carbocycles. The molecule has 2 aromatic rings. The quantitative estimate of drug-likeness (QED) is 0.603. The van der Waals surface area contributed by atoms with Crippen molar-refractivity contribution in [2.75, 3.05) is 26.2 Å². The van der Waals surface area contributed by atoms with Gasteiger partial charge in [0.1, 0.15) is 6.61 Å². The van der Waals surface area contributed by atoms with Crippen molar-refractivity contribution < 1.29 is 19.1 Å². The maximum Gasteiger partial charge on any atom is 0.410 e. The highest BCUT2D eigenvalue weighted by atomic mass is 35.5. The highest BCUT2D eigenvalue weighted by Crippen LogP contribution is 2.26. The maximum atomic E-state index is 12.6. The van der Waals surface area contributed by atoms with Crippen LogP contribution in [0.15, 0.2) is 42.7 Å². The fourth-order valence-electron chi connectivity index (χ4n) is 4.57. The molecule has 186 valence electrons. The zero-order chi connectivity index (χ0) is 24.8. The lowest BCUT2D eigenvalue weighted by molar-refractivity contribution is -0.131. The van der Waals surface area contributed by atoms with Crippen LogP contribution in [0.4, 0.5) is 4.79 Å². The lowest BCUT2D eigenvalue weighted by Gasteiger charge is -2.36. The summed E-state index contributed by atoms with van der Waals surface area (Å²) in [4.78, 5) is 45.1. The first-order valence-corrected chi connectivity index (χ1v) is 12.5. The lowest BCUT2D eigenvalue weighted by atomic mass is 10.0. The molecule has 8 nitrogen and oxygen atoms in total. The third kappa shape index (κ3) is 6.86. The van der Waals surface area contributed by atoms with Crippen molar-refractivity contribution in [3.05, 3.63) is 63.9 Å². The highest BCUT2D eigenvalue weighted by Gasteiger charge is 2.39. The van der Waals surface area contributed by atoms with Crippen LogP contribution in [0.3, 0.4) is 0 Å². The van der Waals surface area contributed by atoms with E-state index in [1.807, 2.05) is 17.0 Å². The van der Waals surface area contributed by atoms with Crippen molar-refractivity contribution in [3.8, 4) is 0 Å². The van der Waals surface area contributed by atoms with Gasteiger partial charge in [0, 0.05) is 61.1 Å². The van der Waals surface area contributed by atoms with E-state index < -0.39 is 6.09 Å². The van der Waals surface area contributed by atoms with Crippen molar-refractivity contribution in [1.29, 1.82) is 0 Å². The molecule has 3 heterocycles. The Morgan fingerprint density at radius 2 is 1.74 bits per heavy atom. The molecular weight excluding hydrogens is 491 g/mol. The first kappa shape index (κ1) is 25.3. The molecule has 3 amide bonds. The lowest BCUT2D eigenvalue weighted by Crippen LogP contribution is -2.47. The molecule has 4 rings (SSSR count). The standard InChI is InChI=1S/C25H28Cl2N4O4/c26-20-11-18(12-21(27)14-20)16-35-25(34)30-9-4-22(5-10-30)31-15-19(13-23(31)32)24(33)29-8-3-17-1-6-28-7-2-17/h1-2,6-7,11-12,14,19,22H,3-5,8-10,13,15-16H2,(H,29,33). The molecule has 10 heteroatoms. The highest BCUT2D eigenvalue weighted by molar-refractivity contribution is 6.34. The van der Waals surface area contributed by atoms with Crippen molar-refractivity contribution in [3.63, 3.8) is 0 Å². The van der Waals surface area contributed by atoms with Crippen LogP contribution >= 0.6 is 23.2 Å². The van der Waals surface area contributed by atoms with Gasteiger partial charge in [0.05, 0.1) is 5.92 Å². The summed E-state index contributed by atoms with van der Waals surface area (Å²) < 4.78 is 5.41. The van der Waals surface area contributed by atoms with Crippen LogP contribution in [0.1, 0.15) is 30.4 Å². The van der Waals surface area contributed by atoms with Gasteiger partial charge in [-0.3, -0.25) is 14.6 Å². The molecule has 35 heavy (non-hydrogen) atoms. The Kier molecular flexibility index (Phi) is 8.46. The van der Waals surface area contributed by atoms with Crippen molar-refractivity contribution >= 4 is 41.1 Å². The molecule has 2 saturated heterocycles. The number of ether oxygens (including phenoxy) is 1. The van der Waals surface area contributed by atoms with Crippen molar-refractivity contribution in [1.82, 2.24) is 20.1 Å². The molecule has 1 aromatic carbocycles. The van der Waals surface area contributed by atoms with E-state index in [0.29, 0.717) is 49.1 Å². The van der Waals surface area contributed by atoms with Gasteiger partial charge >= 0.3 is 6.09 Å². The van der Waals surface area contributed by atoms with Gasteiger partial charge in [-0.05, 0) is 60.7 Å². The summed E-state index contributed by atoms with van der Waals surface area (Å²) in [6.45, 7) is 2.01. The number of hydrogen-bond acceptors (Lipinski definition) is 5. The van der Waals surface area contributed by atoms with E-state index in [-0.39, 0.29) is 36.8 Å². The summed E-state index contributed by atoms with van der Waals surface area (Å²) >= 11 is 12.0. The Balaban J connectivity index is 1.19. The Bertz CT molecular complexity index is 1040.